The predicted molar refractivity (Wildman–Crippen MR) is 107 cm³/mol. The quantitative estimate of drug-likeness (QED) is 0.716. The van der Waals surface area contributed by atoms with Gasteiger partial charge >= 0.3 is 0 Å². The zero-order chi connectivity index (χ0) is 19.0. The van der Waals surface area contributed by atoms with Crippen molar-refractivity contribution in [2.45, 2.75) is 71.6 Å². The molecule has 144 valence electrons. The van der Waals surface area contributed by atoms with Crippen molar-refractivity contribution in [2.75, 3.05) is 6.61 Å². The van der Waals surface area contributed by atoms with Crippen LogP contribution >= 0.6 is 0 Å². The largest absolute Gasteiger partial charge is 0.477 e. The van der Waals surface area contributed by atoms with Crippen LogP contribution in [0.5, 0.6) is 5.88 Å². The van der Waals surface area contributed by atoms with Crippen LogP contribution in [0.25, 0.3) is 0 Å². The van der Waals surface area contributed by atoms with Crippen molar-refractivity contribution >= 4 is 0 Å². The van der Waals surface area contributed by atoms with Gasteiger partial charge in [-0.05, 0) is 68.9 Å². The first kappa shape index (κ1) is 18.4. The Morgan fingerprint density at radius 1 is 1.07 bits per heavy atom. The third kappa shape index (κ3) is 4.31. The number of ether oxygens (including phenoxy) is 1. The maximum Gasteiger partial charge on any atom is 0.220 e. The highest BCUT2D eigenvalue weighted by molar-refractivity contribution is 5.29. The van der Waals surface area contributed by atoms with Gasteiger partial charge < -0.3 is 4.74 Å². The molecule has 0 N–H and O–H groups in total. The SMILES string of the molecule is Cc1ccc([C@H]2C[C@@H]2COc2nc(C)ncc2C2CCC(C)(C)CC2)nc1. The second-order valence-electron chi connectivity index (χ2n) is 9.29. The number of aromatic nitrogens is 3. The fourth-order valence-electron chi connectivity index (χ4n) is 4.24. The summed E-state index contributed by atoms with van der Waals surface area (Å²) in [6.07, 6.45) is 10.1. The Hall–Kier alpha value is -1.97. The average molecular weight is 366 g/mol. The van der Waals surface area contributed by atoms with Crippen LogP contribution in [0.3, 0.4) is 0 Å². The molecule has 2 atom stereocenters. The molecule has 0 bridgehead atoms. The molecule has 4 nitrogen and oxygen atoms in total. The van der Waals surface area contributed by atoms with Crippen molar-refractivity contribution in [2.24, 2.45) is 11.3 Å². The van der Waals surface area contributed by atoms with E-state index < -0.39 is 0 Å². The molecule has 0 aliphatic heterocycles. The molecule has 0 saturated heterocycles. The Bertz CT molecular complexity index is 790. The Morgan fingerprint density at radius 2 is 1.85 bits per heavy atom. The monoisotopic (exact) mass is 365 g/mol. The summed E-state index contributed by atoms with van der Waals surface area (Å²) in [7, 11) is 0. The Balaban J connectivity index is 1.40. The zero-order valence-electron chi connectivity index (χ0n) is 17.0. The summed E-state index contributed by atoms with van der Waals surface area (Å²) in [5.41, 5.74) is 4.08. The van der Waals surface area contributed by atoms with Crippen molar-refractivity contribution < 1.29 is 4.74 Å². The molecule has 2 heterocycles. The third-order valence-electron chi connectivity index (χ3n) is 6.35. The minimum Gasteiger partial charge on any atom is -0.477 e. The summed E-state index contributed by atoms with van der Waals surface area (Å²) in [5, 5.41) is 0. The molecule has 2 saturated carbocycles. The maximum absolute atomic E-state index is 6.24. The van der Waals surface area contributed by atoms with Gasteiger partial charge in [-0.1, -0.05) is 19.9 Å². The van der Waals surface area contributed by atoms with Crippen LogP contribution in [0.2, 0.25) is 0 Å². The normalized spacial score (nSPS) is 24.6. The zero-order valence-corrected chi connectivity index (χ0v) is 17.0. The summed E-state index contributed by atoms with van der Waals surface area (Å²) < 4.78 is 6.24. The summed E-state index contributed by atoms with van der Waals surface area (Å²) >= 11 is 0. The van der Waals surface area contributed by atoms with E-state index in [0.29, 0.717) is 23.2 Å². The van der Waals surface area contributed by atoms with Crippen molar-refractivity contribution in [3.63, 3.8) is 0 Å². The molecule has 27 heavy (non-hydrogen) atoms. The number of nitrogens with zero attached hydrogens (tertiary/aromatic N) is 3. The minimum absolute atomic E-state index is 0.464. The number of hydrogen-bond acceptors (Lipinski definition) is 4. The lowest BCUT2D eigenvalue weighted by Gasteiger charge is -2.34. The van der Waals surface area contributed by atoms with Crippen molar-refractivity contribution in [1.82, 2.24) is 15.0 Å². The van der Waals surface area contributed by atoms with Crippen LogP contribution in [0.15, 0.2) is 24.5 Å². The summed E-state index contributed by atoms with van der Waals surface area (Å²) in [6, 6.07) is 4.30. The van der Waals surface area contributed by atoms with Gasteiger partial charge in [0.15, 0.2) is 0 Å². The van der Waals surface area contributed by atoms with Gasteiger partial charge in [-0.2, -0.15) is 4.98 Å². The lowest BCUT2D eigenvalue weighted by atomic mass is 9.71. The molecule has 0 amide bonds. The van der Waals surface area contributed by atoms with Crippen LogP contribution < -0.4 is 4.74 Å². The highest BCUT2D eigenvalue weighted by Crippen LogP contribution is 2.48. The standard InChI is InChI=1S/C23H31N3O/c1-15-5-6-21(25-12-15)19-11-18(19)14-27-22-20(13-24-16(2)26-22)17-7-9-23(3,4)10-8-17/h5-6,12-13,17-19H,7-11,14H2,1-4H3/t18-,19+/m1/s1. The summed E-state index contributed by atoms with van der Waals surface area (Å²) in [4.78, 5) is 13.7. The van der Waals surface area contributed by atoms with Crippen LogP contribution in [0.1, 0.15) is 80.4 Å². The lowest BCUT2D eigenvalue weighted by molar-refractivity contribution is 0.217. The van der Waals surface area contributed by atoms with E-state index in [4.69, 9.17) is 4.74 Å². The van der Waals surface area contributed by atoms with Crippen molar-refractivity contribution in [3.8, 4) is 5.88 Å². The van der Waals surface area contributed by atoms with E-state index in [0.717, 1.165) is 24.7 Å². The molecule has 2 aromatic heterocycles. The average Bonchev–Trinajstić information content (AvgIpc) is 3.41. The van der Waals surface area contributed by atoms with Gasteiger partial charge in [-0.25, -0.2) is 4.98 Å². The second kappa shape index (κ2) is 7.21. The van der Waals surface area contributed by atoms with Crippen molar-refractivity contribution in [3.05, 3.63) is 47.2 Å². The fraction of sp³-hybridized carbons (Fsp3) is 0.609. The van der Waals surface area contributed by atoms with Crippen LogP contribution in [0, 0.1) is 25.2 Å². The molecule has 2 aliphatic rings. The highest BCUT2D eigenvalue weighted by atomic mass is 16.5. The summed E-state index contributed by atoms with van der Waals surface area (Å²) in [6.45, 7) is 9.49. The molecule has 2 aromatic rings. The first-order chi connectivity index (χ1) is 12.9. The third-order valence-corrected chi connectivity index (χ3v) is 6.35. The van der Waals surface area contributed by atoms with Crippen molar-refractivity contribution in [1.29, 1.82) is 0 Å². The molecule has 2 fully saturated rings. The minimum atomic E-state index is 0.464. The second-order valence-corrected chi connectivity index (χ2v) is 9.29. The topological polar surface area (TPSA) is 47.9 Å². The van der Waals surface area contributed by atoms with E-state index in [1.165, 1.54) is 42.5 Å². The Morgan fingerprint density at radius 3 is 2.56 bits per heavy atom. The van der Waals surface area contributed by atoms with Gasteiger partial charge in [-0.15, -0.1) is 0 Å². The van der Waals surface area contributed by atoms with Gasteiger partial charge in [0, 0.05) is 35.5 Å². The van der Waals surface area contributed by atoms with Gasteiger partial charge in [0.25, 0.3) is 0 Å². The van der Waals surface area contributed by atoms with Gasteiger partial charge in [0.1, 0.15) is 5.82 Å². The molecule has 4 rings (SSSR count). The van der Waals surface area contributed by atoms with E-state index in [-0.39, 0.29) is 0 Å². The number of aryl methyl sites for hydroxylation is 2. The lowest BCUT2D eigenvalue weighted by Crippen LogP contribution is -2.21. The first-order valence-electron chi connectivity index (χ1n) is 10.3. The van der Waals surface area contributed by atoms with Crippen LogP contribution in [0.4, 0.5) is 0 Å². The predicted octanol–water partition coefficient (Wildman–Crippen LogP) is 5.35. The molecular formula is C23H31N3O. The summed E-state index contributed by atoms with van der Waals surface area (Å²) in [5.74, 6) is 3.22. The Labute approximate surface area is 162 Å². The Kier molecular flexibility index (Phi) is 4.92. The van der Waals surface area contributed by atoms with E-state index in [9.17, 15) is 0 Å². The van der Waals surface area contributed by atoms with Gasteiger partial charge in [0.05, 0.1) is 6.61 Å². The van der Waals surface area contributed by atoms with E-state index >= 15 is 0 Å². The smallest absolute Gasteiger partial charge is 0.220 e. The molecule has 0 aromatic carbocycles. The highest BCUT2D eigenvalue weighted by Gasteiger charge is 2.40. The molecule has 4 heteroatoms. The first-order valence-corrected chi connectivity index (χ1v) is 10.3. The molecule has 2 aliphatic carbocycles. The molecule has 0 unspecified atom stereocenters. The van der Waals surface area contributed by atoms with Crippen LogP contribution in [-0.2, 0) is 0 Å². The van der Waals surface area contributed by atoms with E-state index in [1.54, 1.807) is 0 Å². The van der Waals surface area contributed by atoms with Gasteiger partial charge in [0.2, 0.25) is 5.88 Å². The molecule has 0 radical (unpaired) electrons. The molecular weight excluding hydrogens is 334 g/mol. The maximum atomic E-state index is 6.24. The van der Waals surface area contributed by atoms with Crippen LogP contribution in [-0.4, -0.2) is 21.6 Å². The van der Waals surface area contributed by atoms with E-state index in [1.807, 2.05) is 19.3 Å². The fourth-order valence-corrected chi connectivity index (χ4v) is 4.24. The number of rotatable bonds is 5. The number of pyridine rings is 1. The van der Waals surface area contributed by atoms with Gasteiger partial charge in [-0.3, -0.25) is 4.98 Å². The number of hydrogen-bond donors (Lipinski definition) is 0. The van der Waals surface area contributed by atoms with E-state index in [2.05, 4.69) is 47.9 Å². The molecule has 0 spiro atoms.